The largest absolute Gasteiger partial charge is 0.481 e. The van der Waals surface area contributed by atoms with Gasteiger partial charge in [0.15, 0.2) is 0 Å². The number of rotatable bonds is 7. The molecule has 2 unspecified atom stereocenters. The van der Waals surface area contributed by atoms with E-state index in [1.54, 1.807) is 7.11 Å². The average molecular weight is 259 g/mol. The quantitative estimate of drug-likeness (QED) is 0.647. The number of methoxy groups -OCH3 is 1. The van der Waals surface area contributed by atoms with Crippen LogP contribution in [0.5, 0.6) is 0 Å². The highest BCUT2D eigenvalue weighted by molar-refractivity contribution is 5.79. The van der Waals surface area contributed by atoms with Crippen LogP contribution in [-0.4, -0.2) is 50.0 Å². The molecular formula is C12H21NO5. The number of amides is 1. The summed E-state index contributed by atoms with van der Waals surface area (Å²) in [4.78, 5) is 22.6. The highest BCUT2D eigenvalue weighted by atomic mass is 16.5. The van der Waals surface area contributed by atoms with Gasteiger partial charge in [-0.15, -0.1) is 0 Å². The van der Waals surface area contributed by atoms with Gasteiger partial charge in [-0.25, -0.2) is 0 Å². The maximum Gasteiger partial charge on any atom is 0.308 e. The predicted molar refractivity (Wildman–Crippen MR) is 64.2 cm³/mol. The summed E-state index contributed by atoms with van der Waals surface area (Å²) in [5, 5.41) is 11.8. The van der Waals surface area contributed by atoms with Crippen LogP contribution < -0.4 is 5.32 Å². The lowest BCUT2D eigenvalue weighted by molar-refractivity contribution is -0.144. The van der Waals surface area contributed by atoms with Crippen LogP contribution in [0.2, 0.25) is 0 Å². The van der Waals surface area contributed by atoms with Crippen LogP contribution in [-0.2, 0) is 19.1 Å². The van der Waals surface area contributed by atoms with Crippen molar-refractivity contribution in [1.29, 1.82) is 0 Å². The van der Waals surface area contributed by atoms with Crippen molar-refractivity contribution < 1.29 is 24.2 Å². The van der Waals surface area contributed by atoms with E-state index in [-0.39, 0.29) is 18.6 Å². The highest BCUT2D eigenvalue weighted by Crippen LogP contribution is 2.24. The van der Waals surface area contributed by atoms with Crippen molar-refractivity contribution in [2.75, 3.05) is 26.9 Å². The zero-order valence-corrected chi connectivity index (χ0v) is 10.7. The molecule has 0 aromatic heterocycles. The van der Waals surface area contributed by atoms with Crippen LogP contribution in [0, 0.1) is 5.92 Å². The molecule has 0 bridgehead atoms. The minimum absolute atomic E-state index is 0.0494. The third-order valence-corrected chi connectivity index (χ3v) is 3.09. The fraction of sp³-hybridized carbons (Fsp3) is 0.833. The maximum atomic E-state index is 11.6. The van der Waals surface area contributed by atoms with Gasteiger partial charge >= 0.3 is 5.97 Å². The Morgan fingerprint density at radius 1 is 1.28 bits per heavy atom. The lowest BCUT2D eigenvalue weighted by Crippen LogP contribution is -2.46. The number of ether oxygens (including phenoxy) is 2. The van der Waals surface area contributed by atoms with Crippen LogP contribution >= 0.6 is 0 Å². The summed E-state index contributed by atoms with van der Waals surface area (Å²) in [6.07, 6.45) is 3.22. The smallest absolute Gasteiger partial charge is 0.308 e. The van der Waals surface area contributed by atoms with E-state index in [2.05, 4.69) is 5.32 Å². The summed E-state index contributed by atoms with van der Waals surface area (Å²) in [5.41, 5.74) is 0. The van der Waals surface area contributed by atoms with Crippen LogP contribution in [0.3, 0.4) is 0 Å². The molecule has 1 saturated carbocycles. The predicted octanol–water partition coefficient (Wildman–Crippen LogP) is 0.409. The molecular weight excluding hydrogens is 238 g/mol. The van der Waals surface area contributed by atoms with E-state index in [1.807, 2.05) is 0 Å². The van der Waals surface area contributed by atoms with Gasteiger partial charge in [-0.3, -0.25) is 9.59 Å². The van der Waals surface area contributed by atoms with Crippen molar-refractivity contribution in [3.63, 3.8) is 0 Å². The molecule has 6 nitrogen and oxygen atoms in total. The molecule has 6 heteroatoms. The minimum Gasteiger partial charge on any atom is -0.481 e. The summed E-state index contributed by atoms with van der Waals surface area (Å²) < 4.78 is 9.88. The zero-order valence-electron chi connectivity index (χ0n) is 10.7. The van der Waals surface area contributed by atoms with E-state index in [9.17, 15) is 9.59 Å². The molecule has 104 valence electrons. The first-order valence-corrected chi connectivity index (χ1v) is 6.24. The molecule has 1 fully saturated rings. The third kappa shape index (κ3) is 5.01. The van der Waals surface area contributed by atoms with Crippen LogP contribution in [0.15, 0.2) is 0 Å². The third-order valence-electron chi connectivity index (χ3n) is 3.09. The zero-order chi connectivity index (χ0) is 13.4. The molecule has 18 heavy (non-hydrogen) atoms. The van der Waals surface area contributed by atoms with Gasteiger partial charge in [-0.1, -0.05) is 12.8 Å². The molecule has 1 rings (SSSR count). The normalized spacial score (nSPS) is 23.6. The van der Waals surface area contributed by atoms with Crippen molar-refractivity contribution in [2.45, 2.75) is 31.7 Å². The van der Waals surface area contributed by atoms with Crippen LogP contribution in [0.1, 0.15) is 25.7 Å². The van der Waals surface area contributed by atoms with Crippen molar-refractivity contribution in [3.05, 3.63) is 0 Å². The average Bonchev–Trinajstić information content (AvgIpc) is 2.35. The van der Waals surface area contributed by atoms with Gasteiger partial charge in [0.2, 0.25) is 5.91 Å². The Hall–Kier alpha value is -1.14. The summed E-state index contributed by atoms with van der Waals surface area (Å²) in [7, 11) is 1.56. The number of hydrogen-bond donors (Lipinski definition) is 2. The molecule has 0 aliphatic heterocycles. The molecule has 0 aromatic rings. The van der Waals surface area contributed by atoms with Crippen molar-refractivity contribution >= 4 is 11.9 Å². The summed E-state index contributed by atoms with van der Waals surface area (Å²) in [6, 6.07) is -0.269. The molecule has 2 N–H and O–H groups in total. The molecule has 0 spiro atoms. The molecule has 1 aliphatic rings. The van der Waals surface area contributed by atoms with Crippen LogP contribution in [0.25, 0.3) is 0 Å². The fourth-order valence-corrected chi connectivity index (χ4v) is 2.15. The number of carbonyl (C=O) groups excluding carboxylic acids is 1. The second-order valence-electron chi connectivity index (χ2n) is 4.45. The number of carbonyl (C=O) groups is 2. The Balaban J connectivity index is 2.30. The first-order chi connectivity index (χ1) is 8.65. The second-order valence-corrected chi connectivity index (χ2v) is 4.45. The fourth-order valence-electron chi connectivity index (χ4n) is 2.15. The molecule has 2 atom stereocenters. The van der Waals surface area contributed by atoms with Crippen molar-refractivity contribution in [3.8, 4) is 0 Å². The minimum atomic E-state index is -0.833. The standard InChI is InChI=1S/C12H21NO5/c1-17-6-7-18-8-11(14)13-10-5-3-2-4-9(10)12(15)16/h9-10H,2-8H2,1H3,(H,13,14)(H,15,16). The van der Waals surface area contributed by atoms with E-state index in [0.717, 1.165) is 19.3 Å². The monoisotopic (exact) mass is 259 g/mol. The Labute approximate surface area is 107 Å². The molecule has 0 heterocycles. The SMILES string of the molecule is COCCOCC(=O)NC1CCCCC1C(=O)O. The van der Waals surface area contributed by atoms with Gasteiger partial charge < -0.3 is 19.9 Å². The number of hydrogen-bond acceptors (Lipinski definition) is 4. The van der Waals surface area contributed by atoms with Gasteiger partial charge in [-0.2, -0.15) is 0 Å². The highest BCUT2D eigenvalue weighted by Gasteiger charge is 2.31. The first kappa shape index (κ1) is 14.9. The van der Waals surface area contributed by atoms with Gasteiger partial charge in [0.05, 0.1) is 19.1 Å². The summed E-state index contributed by atoms with van der Waals surface area (Å²) >= 11 is 0. The van der Waals surface area contributed by atoms with Crippen molar-refractivity contribution in [2.24, 2.45) is 5.92 Å². The van der Waals surface area contributed by atoms with Gasteiger partial charge in [0.1, 0.15) is 6.61 Å². The number of aliphatic carboxylic acids is 1. The second kappa shape index (κ2) is 8.05. The first-order valence-electron chi connectivity index (χ1n) is 6.24. The topological polar surface area (TPSA) is 84.9 Å². The lowest BCUT2D eigenvalue weighted by atomic mass is 9.84. The van der Waals surface area contributed by atoms with E-state index in [1.165, 1.54) is 0 Å². The van der Waals surface area contributed by atoms with Gasteiger partial charge in [0.25, 0.3) is 0 Å². The number of carboxylic acid groups (broad SMARTS) is 1. The molecule has 0 radical (unpaired) electrons. The van der Waals surface area contributed by atoms with E-state index < -0.39 is 11.9 Å². The number of carboxylic acids is 1. The Bertz CT molecular complexity index is 282. The van der Waals surface area contributed by atoms with E-state index >= 15 is 0 Å². The Kier molecular flexibility index (Phi) is 6.67. The summed E-state index contributed by atoms with van der Waals surface area (Å²) in [5.74, 6) is -1.56. The molecule has 1 amide bonds. The maximum absolute atomic E-state index is 11.6. The van der Waals surface area contributed by atoms with Crippen molar-refractivity contribution in [1.82, 2.24) is 5.32 Å². The van der Waals surface area contributed by atoms with E-state index in [4.69, 9.17) is 14.6 Å². The molecule has 0 aromatic carbocycles. The van der Waals surface area contributed by atoms with Gasteiger partial charge in [0, 0.05) is 13.2 Å². The van der Waals surface area contributed by atoms with Crippen LogP contribution in [0.4, 0.5) is 0 Å². The Morgan fingerprint density at radius 2 is 2.00 bits per heavy atom. The van der Waals surface area contributed by atoms with Gasteiger partial charge in [-0.05, 0) is 12.8 Å². The Morgan fingerprint density at radius 3 is 2.67 bits per heavy atom. The van der Waals surface area contributed by atoms with E-state index in [0.29, 0.717) is 19.6 Å². The lowest BCUT2D eigenvalue weighted by Gasteiger charge is -2.29. The molecule has 1 aliphatic carbocycles. The molecule has 0 saturated heterocycles. The number of nitrogens with one attached hydrogen (secondary N) is 1. The summed E-state index contributed by atoms with van der Waals surface area (Å²) in [6.45, 7) is 0.748.